The van der Waals surface area contributed by atoms with Crippen LogP contribution in [0.5, 0.6) is 0 Å². The van der Waals surface area contributed by atoms with Crippen molar-refractivity contribution in [3.8, 4) is 0 Å². The SMILES string of the molecule is CNc1ccnc(C(=O)N(C)Cc2cccc(C)n2)c1. The van der Waals surface area contributed by atoms with E-state index in [9.17, 15) is 4.79 Å². The highest BCUT2D eigenvalue weighted by atomic mass is 16.2. The molecule has 0 unspecified atom stereocenters. The molecule has 20 heavy (non-hydrogen) atoms. The van der Waals surface area contributed by atoms with Crippen molar-refractivity contribution < 1.29 is 4.79 Å². The number of anilines is 1. The molecule has 0 aliphatic rings. The lowest BCUT2D eigenvalue weighted by atomic mass is 10.2. The fraction of sp³-hybridized carbons (Fsp3) is 0.267. The minimum absolute atomic E-state index is 0.120. The minimum atomic E-state index is -0.120. The monoisotopic (exact) mass is 270 g/mol. The highest BCUT2D eigenvalue weighted by molar-refractivity contribution is 5.92. The van der Waals surface area contributed by atoms with Gasteiger partial charge in [0, 0.05) is 31.7 Å². The zero-order valence-electron chi connectivity index (χ0n) is 11.9. The van der Waals surface area contributed by atoms with Gasteiger partial charge in [-0.1, -0.05) is 6.07 Å². The third-order valence-electron chi connectivity index (χ3n) is 2.96. The smallest absolute Gasteiger partial charge is 0.272 e. The van der Waals surface area contributed by atoms with Crippen LogP contribution in [-0.2, 0) is 6.54 Å². The largest absolute Gasteiger partial charge is 0.388 e. The van der Waals surface area contributed by atoms with Crippen LogP contribution in [0.3, 0.4) is 0 Å². The second-order valence-electron chi connectivity index (χ2n) is 4.61. The van der Waals surface area contributed by atoms with Crippen LogP contribution < -0.4 is 5.32 Å². The van der Waals surface area contributed by atoms with Gasteiger partial charge in [-0.3, -0.25) is 14.8 Å². The Morgan fingerprint density at radius 3 is 2.85 bits per heavy atom. The summed E-state index contributed by atoms with van der Waals surface area (Å²) < 4.78 is 0. The summed E-state index contributed by atoms with van der Waals surface area (Å²) in [4.78, 5) is 22.4. The molecule has 0 spiro atoms. The predicted octanol–water partition coefficient (Wildman–Crippen LogP) is 2.10. The fourth-order valence-electron chi connectivity index (χ4n) is 1.90. The first-order valence-corrected chi connectivity index (χ1v) is 6.42. The lowest BCUT2D eigenvalue weighted by molar-refractivity contribution is 0.0777. The van der Waals surface area contributed by atoms with Crippen molar-refractivity contribution in [3.63, 3.8) is 0 Å². The Morgan fingerprint density at radius 2 is 2.15 bits per heavy atom. The zero-order chi connectivity index (χ0) is 14.5. The van der Waals surface area contributed by atoms with Gasteiger partial charge >= 0.3 is 0 Å². The third kappa shape index (κ3) is 3.32. The van der Waals surface area contributed by atoms with Gasteiger partial charge in [0.1, 0.15) is 5.69 Å². The molecule has 5 nitrogen and oxygen atoms in total. The molecule has 0 aliphatic carbocycles. The van der Waals surface area contributed by atoms with Crippen molar-refractivity contribution in [1.29, 1.82) is 0 Å². The zero-order valence-corrected chi connectivity index (χ0v) is 11.9. The topological polar surface area (TPSA) is 58.1 Å². The molecule has 0 fully saturated rings. The Bertz CT molecular complexity index is 612. The van der Waals surface area contributed by atoms with Crippen LogP contribution in [0.2, 0.25) is 0 Å². The van der Waals surface area contributed by atoms with Gasteiger partial charge in [-0.25, -0.2) is 0 Å². The first-order chi connectivity index (χ1) is 9.60. The molecule has 0 radical (unpaired) electrons. The Balaban J connectivity index is 2.12. The van der Waals surface area contributed by atoms with E-state index >= 15 is 0 Å². The van der Waals surface area contributed by atoms with Crippen LogP contribution >= 0.6 is 0 Å². The number of aryl methyl sites for hydroxylation is 1. The molecule has 0 bridgehead atoms. The Labute approximate surface area is 118 Å². The maximum absolute atomic E-state index is 12.3. The summed E-state index contributed by atoms with van der Waals surface area (Å²) in [6.45, 7) is 2.40. The van der Waals surface area contributed by atoms with Gasteiger partial charge in [0.25, 0.3) is 5.91 Å². The minimum Gasteiger partial charge on any atom is -0.388 e. The summed E-state index contributed by atoms with van der Waals surface area (Å²) in [5.74, 6) is -0.120. The van der Waals surface area contributed by atoms with Crippen molar-refractivity contribution in [3.05, 3.63) is 53.6 Å². The molecule has 104 valence electrons. The standard InChI is InChI=1S/C15H18N4O/c1-11-5-4-6-13(18-11)10-19(3)15(20)14-9-12(16-2)7-8-17-14/h4-9H,10H2,1-3H3,(H,16,17). The van der Waals surface area contributed by atoms with Crippen molar-refractivity contribution in [1.82, 2.24) is 14.9 Å². The lowest BCUT2D eigenvalue weighted by Crippen LogP contribution is -2.27. The van der Waals surface area contributed by atoms with Gasteiger partial charge in [-0.2, -0.15) is 0 Å². The normalized spacial score (nSPS) is 10.2. The summed E-state index contributed by atoms with van der Waals surface area (Å²) in [6.07, 6.45) is 1.62. The lowest BCUT2D eigenvalue weighted by Gasteiger charge is -2.16. The third-order valence-corrected chi connectivity index (χ3v) is 2.96. The van der Waals surface area contributed by atoms with Gasteiger partial charge < -0.3 is 10.2 Å². The number of carbonyl (C=O) groups excluding carboxylic acids is 1. The molecule has 0 aromatic carbocycles. The summed E-state index contributed by atoms with van der Waals surface area (Å²) in [7, 11) is 3.56. The fourth-order valence-corrected chi connectivity index (χ4v) is 1.90. The highest BCUT2D eigenvalue weighted by Gasteiger charge is 2.14. The van der Waals surface area contributed by atoms with E-state index in [2.05, 4.69) is 15.3 Å². The number of nitrogens with one attached hydrogen (secondary N) is 1. The number of rotatable bonds is 4. The second-order valence-corrected chi connectivity index (χ2v) is 4.61. The first-order valence-electron chi connectivity index (χ1n) is 6.42. The maximum atomic E-state index is 12.3. The number of carbonyl (C=O) groups is 1. The number of nitrogens with zero attached hydrogens (tertiary/aromatic N) is 3. The molecule has 0 saturated carbocycles. The van der Waals surface area contributed by atoms with Crippen LogP contribution in [0.15, 0.2) is 36.5 Å². The highest BCUT2D eigenvalue weighted by Crippen LogP contribution is 2.10. The molecule has 5 heteroatoms. The first kappa shape index (κ1) is 14.0. The molecule has 2 rings (SSSR count). The van der Waals surface area contributed by atoms with Gasteiger partial charge in [0.05, 0.1) is 12.2 Å². The van der Waals surface area contributed by atoms with Gasteiger partial charge in [-0.05, 0) is 31.2 Å². The number of pyridine rings is 2. The van der Waals surface area contributed by atoms with E-state index in [0.717, 1.165) is 17.1 Å². The van der Waals surface area contributed by atoms with E-state index in [-0.39, 0.29) is 5.91 Å². The van der Waals surface area contributed by atoms with E-state index in [1.807, 2.05) is 38.2 Å². The van der Waals surface area contributed by atoms with Crippen molar-refractivity contribution in [2.45, 2.75) is 13.5 Å². The Morgan fingerprint density at radius 1 is 1.35 bits per heavy atom. The van der Waals surface area contributed by atoms with Gasteiger partial charge in [0.2, 0.25) is 0 Å². The van der Waals surface area contributed by atoms with Crippen LogP contribution in [0.1, 0.15) is 21.9 Å². The number of amides is 1. The molecule has 2 aromatic heterocycles. The maximum Gasteiger partial charge on any atom is 0.272 e. The summed E-state index contributed by atoms with van der Waals surface area (Å²) in [6, 6.07) is 9.34. The predicted molar refractivity (Wildman–Crippen MR) is 78.6 cm³/mol. The van der Waals surface area contributed by atoms with Gasteiger partial charge in [-0.15, -0.1) is 0 Å². The molecule has 0 saturated heterocycles. The molecule has 1 amide bonds. The molecular weight excluding hydrogens is 252 g/mol. The van der Waals surface area contributed by atoms with Gasteiger partial charge in [0.15, 0.2) is 0 Å². The van der Waals surface area contributed by atoms with Crippen LogP contribution in [0.4, 0.5) is 5.69 Å². The molecule has 0 aliphatic heterocycles. The van der Waals surface area contributed by atoms with E-state index in [1.54, 1.807) is 24.2 Å². The average molecular weight is 270 g/mol. The van der Waals surface area contributed by atoms with E-state index in [1.165, 1.54) is 0 Å². The summed E-state index contributed by atoms with van der Waals surface area (Å²) in [5, 5.41) is 3.00. The second kappa shape index (κ2) is 6.14. The molecule has 2 heterocycles. The quantitative estimate of drug-likeness (QED) is 0.924. The van der Waals surface area contributed by atoms with Crippen LogP contribution in [0, 0.1) is 6.92 Å². The number of hydrogen-bond acceptors (Lipinski definition) is 4. The number of hydrogen-bond donors (Lipinski definition) is 1. The Hall–Kier alpha value is -2.43. The van der Waals surface area contributed by atoms with E-state index in [4.69, 9.17) is 0 Å². The van der Waals surface area contributed by atoms with Crippen LogP contribution in [-0.4, -0.2) is 34.9 Å². The molecule has 2 aromatic rings. The van der Waals surface area contributed by atoms with E-state index < -0.39 is 0 Å². The molecular formula is C15H18N4O. The van der Waals surface area contributed by atoms with E-state index in [0.29, 0.717) is 12.2 Å². The summed E-state index contributed by atoms with van der Waals surface area (Å²) >= 11 is 0. The average Bonchev–Trinajstić information content (AvgIpc) is 2.46. The summed E-state index contributed by atoms with van der Waals surface area (Å²) in [5.41, 5.74) is 3.10. The van der Waals surface area contributed by atoms with Crippen molar-refractivity contribution in [2.75, 3.05) is 19.4 Å². The van der Waals surface area contributed by atoms with Crippen molar-refractivity contribution in [2.24, 2.45) is 0 Å². The molecule has 0 atom stereocenters. The number of aromatic nitrogens is 2. The Kier molecular flexibility index (Phi) is 4.30. The molecule has 1 N–H and O–H groups in total. The van der Waals surface area contributed by atoms with Crippen LogP contribution in [0.25, 0.3) is 0 Å². The van der Waals surface area contributed by atoms with Crippen molar-refractivity contribution >= 4 is 11.6 Å².